The Kier molecular flexibility index (Phi) is 5.32. The molecule has 2 heterocycles. The minimum atomic E-state index is -0.0365. The topological polar surface area (TPSA) is 75.1 Å². The first-order valence-corrected chi connectivity index (χ1v) is 10.8. The number of thioether (sulfide) groups is 1. The van der Waals surface area contributed by atoms with E-state index in [1.165, 1.54) is 11.8 Å². The molecule has 2 aromatic carbocycles. The van der Waals surface area contributed by atoms with Gasteiger partial charge in [0.2, 0.25) is 11.7 Å². The number of H-pyrrole nitrogens is 1. The molecule has 0 saturated carbocycles. The smallest absolute Gasteiger partial charge is 0.234 e. The van der Waals surface area contributed by atoms with E-state index in [0.29, 0.717) is 17.6 Å². The highest BCUT2D eigenvalue weighted by Crippen LogP contribution is 2.32. The number of nitrogens with one attached hydrogen (secondary N) is 2. The molecule has 7 heteroatoms. The summed E-state index contributed by atoms with van der Waals surface area (Å²) >= 11 is 1.40. The summed E-state index contributed by atoms with van der Waals surface area (Å²) in [6, 6.07) is 14.2. The van der Waals surface area contributed by atoms with Crippen LogP contribution < -0.4 is 5.32 Å². The highest BCUT2D eigenvalue weighted by atomic mass is 32.2. The van der Waals surface area contributed by atoms with Gasteiger partial charge in [0.05, 0.1) is 16.8 Å². The first-order chi connectivity index (χ1) is 14.0. The van der Waals surface area contributed by atoms with Gasteiger partial charge in [-0.1, -0.05) is 69.8 Å². The maximum Gasteiger partial charge on any atom is 0.234 e. The molecule has 0 aliphatic carbocycles. The summed E-state index contributed by atoms with van der Waals surface area (Å²) < 4.78 is 1.95. The Balaban J connectivity index is 1.55. The summed E-state index contributed by atoms with van der Waals surface area (Å²) in [6.45, 7) is 8.59. The van der Waals surface area contributed by atoms with Crippen LogP contribution in [-0.2, 0) is 4.79 Å². The number of carbonyl (C=O) groups is 1. The Morgan fingerprint density at radius 1 is 1.07 bits per heavy atom. The minimum Gasteiger partial charge on any atom is -0.325 e. The van der Waals surface area contributed by atoms with Crippen molar-refractivity contribution in [2.45, 2.75) is 44.7 Å². The van der Waals surface area contributed by atoms with Crippen LogP contribution in [-0.4, -0.2) is 31.2 Å². The van der Waals surface area contributed by atoms with Crippen molar-refractivity contribution < 1.29 is 4.79 Å². The number of para-hydroxylation sites is 3. The summed E-state index contributed by atoms with van der Waals surface area (Å²) in [5, 5.41) is 11.2. The number of amides is 1. The molecular weight excluding hydrogens is 382 g/mol. The average Bonchev–Trinajstić information content (AvgIpc) is 3.25. The fraction of sp³-hybridized carbons (Fsp3) is 0.318. The summed E-state index contributed by atoms with van der Waals surface area (Å²) in [5.41, 5.74) is 5.16. The van der Waals surface area contributed by atoms with E-state index in [4.69, 9.17) is 0 Å². The van der Waals surface area contributed by atoms with Gasteiger partial charge in [-0.3, -0.25) is 9.20 Å². The van der Waals surface area contributed by atoms with E-state index in [1.54, 1.807) is 0 Å². The zero-order valence-corrected chi connectivity index (χ0v) is 17.9. The van der Waals surface area contributed by atoms with Crippen LogP contribution in [0.3, 0.4) is 0 Å². The lowest BCUT2D eigenvalue weighted by molar-refractivity contribution is -0.113. The van der Waals surface area contributed by atoms with E-state index >= 15 is 0 Å². The summed E-state index contributed by atoms with van der Waals surface area (Å²) in [6.07, 6.45) is 0. The standard InChI is InChI=1S/C22H25N5OS/c1-13(2)15-8-7-9-16(14(3)4)20(15)24-19(28)12-29-22-26-25-21-23-17-10-5-6-11-18(17)27(21)22/h5-11,13-14H,12H2,1-4H3,(H,23,25)(H,24,28). The van der Waals surface area contributed by atoms with Crippen LogP contribution in [0.15, 0.2) is 47.6 Å². The second kappa shape index (κ2) is 7.91. The van der Waals surface area contributed by atoms with Crippen LogP contribution in [0.25, 0.3) is 16.8 Å². The molecule has 0 saturated heterocycles. The normalized spacial score (nSPS) is 11.8. The lowest BCUT2D eigenvalue weighted by Gasteiger charge is -2.20. The molecule has 4 aromatic rings. The molecule has 4 rings (SSSR count). The quantitative estimate of drug-likeness (QED) is 0.431. The molecule has 0 bridgehead atoms. The van der Waals surface area contributed by atoms with Gasteiger partial charge in [-0.2, -0.15) is 0 Å². The molecule has 0 aliphatic rings. The van der Waals surface area contributed by atoms with Gasteiger partial charge in [0, 0.05) is 5.69 Å². The third kappa shape index (κ3) is 3.74. The SMILES string of the molecule is CC(C)c1cccc(C(C)C)c1NC(=O)CSc1n[nH]c2nc3ccccc3n12. The molecule has 0 spiro atoms. The molecule has 0 fully saturated rings. The first kappa shape index (κ1) is 19.5. The van der Waals surface area contributed by atoms with E-state index in [1.807, 2.05) is 28.7 Å². The van der Waals surface area contributed by atoms with Crippen LogP contribution >= 0.6 is 11.8 Å². The van der Waals surface area contributed by atoms with Gasteiger partial charge >= 0.3 is 0 Å². The van der Waals surface area contributed by atoms with Gasteiger partial charge in [-0.05, 0) is 35.1 Å². The number of aromatic nitrogens is 4. The van der Waals surface area contributed by atoms with Crippen LogP contribution in [0.2, 0.25) is 0 Å². The van der Waals surface area contributed by atoms with E-state index in [2.05, 4.69) is 66.4 Å². The molecule has 0 radical (unpaired) electrons. The Hall–Kier alpha value is -2.80. The molecule has 1 amide bonds. The third-order valence-corrected chi connectivity index (χ3v) is 5.91. The second-order valence-electron chi connectivity index (χ2n) is 7.72. The molecule has 0 aliphatic heterocycles. The Morgan fingerprint density at radius 2 is 1.76 bits per heavy atom. The highest BCUT2D eigenvalue weighted by molar-refractivity contribution is 7.99. The predicted octanol–water partition coefficient (Wildman–Crippen LogP) is 5.19. The molecular formula is C22H25N5OS. The molecule has 29 heavy (non-hydrogen) atoms. The van der Waals surface area contributed by atoms with E-state index in [0.717, 1.165) is 33.0 Å². The van der Waals surface area contributed by atoms with Gasteiger partial charge in [-0.25, -0.2) is 10.1 Å². The molecule has 150 valence electrons. The highest BCUT2D eigenvalue weighted by Gasteiger charge is 2.17. The number of carbonyl (C=O) groups excluding carboxylic acids is 1. The molecule has 2 N–H and O–H groups in total. The van der Waals surface area contributed by atoms with Gasteiger partial charge in [0.1, 0.15) is 0 Å². The maximum absolute atomic E-state index is 12.8. The number of benzene rings is 2. The van der Waals surface area contributed by atoms with Crippen LogP contribution in [0.4, 0.5) is 5.69 Å². The zero-order chi connectivity index (χ0) is 20.5. The molecule has 0 unspecified atom stereocenters. The fourth-order valence-corrected chi connectivity index (χ4v) is 4.30. The number of imidazole rings is 1. The van der Waals surface area contributed by atoms with Crippen molar-refractivity contribution in [1.29, 1.82) is 0 Å². The summed E-state index contributed by atoms with van der Waals surface area (Å²) in [5.74, 6) is 1.59. The van der Waals surface area contributed by atoms with Crippen LogP contribution in [0.1, 0.15) is 50.7 Å². The zero-order valence-electron chi connectivity index (χ0n) is 17.1. The number of aromatic amines is 1. The molecule has 2 aromatic heterocycles. The summed E-state index contributed by atoms with van der Waals surface area (Å²) in [7, 11) is 0. The van der Waals surface area contributed by atoms with Gasteiger partial charge < -0.3 is 5.32 Å². The van der Waals surface area contributed by atoms with Crippen molar-refractivity contribution in [3.05, 3.63) is 53.6 Å². The Morgan fingerprint density at radius 3 is 2.45 bits per heavy atom. The second-order valence-corrected chi connectivity index (χ2v) is 8.67. The van der Waals surface area contributed by atoms with Crippen molar-refractivity contribution >= 4 is 40.2 Å². The van der Waals surface area contributed by atoms with E-state index in [9.17, 15) is 4.79 Å². The number of anilines is 1. The lowest BCUT2D eigenvalue weighted by Crippen LogP contribution is -2.17. The van der Waals surface area contributed by atoms with Crippen molar-refractivity contribution in [3.63, 3.8) is 0 Å². The average molecular weight is 408 g/mol. The minimum absolute atomic E-state index is 0.0365. The van der Waals surface area contributed by atoms with Crippen molar-refractivity contribution in [3.8, 4) is 0 Å². The monoisotopic (exact) mass is 407 g/mol. The number of fused-ring (bicyclic) bond motifs is 3. The van der Waals surface area contributed by atoms with Crippen molar-refractivity contribution in [2.75, 3.05) is 11.1 Å². The lowest BCUT2D eigenvalue weighted by atomic mass is 9.92. The molecule has 6 nitrogen and oxygen atoms in total. The number of hydrogen-bond donors (Lipinski definition) is 2. The van der Waals surface area contributed by atoms with E-state index < -0.39 is 0 Å². The van der Waals surface area contributed by atoms with Crippen LogP contribution in [0.5, 0.6) is 0 Å². The molecule has 0 atom stereocenters. The number of nitrogens with zero attached hydrogens (tertiary/aromatic N) is 3. The first-order valence-electron chi connectivity index (χ1n) is 9.82. The number of rotatable bonds is 6. The van der Waals surface area contributed by atoms with Gasteiger partial charge in [-0.15, -0.1) is 5.10 Å². The van der Waals surface area contributed by atoms with Crippen LogP contribution in [0, 0.1) is 0 Å². The van der Waals surface area contributed by atoms with Crippen molar-refractivity contribution in [1.82, 2.24) is 19.6 Å². The Bertz CT molecular complexity index is 1150. The van der Waals surface area contributed by atoms with Gasteiger partial charge in [0.25, 0.3) is 0 Å². The fourth-order valence-electron chi connectivity index (χ4n) is 3.54. The van der Waals surface area contributed by atoms with Gasteiger partial charge in [0.15, 0.2) is 5.16 Å². The Labute approximate surface area is 174 Å². The predicted molar refractivity (Wildman–Crippen MR) is 119 cm³/mol. The van der Waals surface area contributed by atoms with E-state index in [-0.39, 0.29) is 11.7 Å². The number of hydrogen-bond acceptors (Lipinski definition) is 4. The summed E-state index contributed by atoms with van der Waals surface area (Å²) in [4.78, 5) is 17.3. The largest absolute Gasteiger partial charge is 0.325 e. The van der Waals surface area contributed by atoms with Crippen molar-refractivity contribution in [2.24, 2.45) is 0 Å². The third-order valence-electron chi connectivity index (χ3n) is 4.97. The maximum atomic E-state index is 12.8.